The maximum absolute atomic E-state index is 11.6. The minimum atomic E-state index is -0.168. The summed E-state index contributed by atoms with van der Waals surface area (Å²) in [6.45, 7) is 4.00. The second-order valence-corrected chi connectivity index (χ2v) is 4.00. The normalized spacial score (nSPS) is 10.3. The minimum Gasteiger partial charge on any atom is -0.322 e. The monoisotopic (exact) mass is 212 g/mol. The van der Waals surface area contributed by atoms with Crippen LogP contribution in [-0.2, 0) is 6.42 Å². The number of aromatic nitrogens is 1. The first-order valence-corrected chi connectivity index (χ1v) is 5.12. The molecule has 1 N–H and O–H groups in total. The highest BCUT2D eigenvalue weighted by Crippen LogP contribution is 2.18. The van der Waals surface area contributed by atoms with Gasteiger partial charge in [-0.15, -0.1) is 0 Å². The average molecular weight is 212 g/mol. The lowest BCUT2D eigenvalue weighted by molar-refractivity contribution is 1.16. The number of H-pyrrole nitrogens is 1. The molecule has 0 saturated carbocycles. The van der Waals surface area contributed by atoms with E-state index in [4.69, 9.17) is 5.26 Å². The molecule has 0 amide bonds. The van der Waals surface area contributed by atoms with Crippen LogP contribution in [-0.4, -0.2) is 4.98 Å². The Morgan fingerprint density at radius 1 is 1.31 bits per heavy atom. The number of pyridine rings is 1. The number of aromatic amines is 1. The van der Waals surface area contributed by atoms with Crippen LogP contribution in [0, 0.1) is 25.2 Å². The first-order valence-electron chi connectivity index (χ1n) is 5.12. The lowest BCUT2D eigenvalue weighted by atomic mass is 10.0. The van der Waals surface area contributed by atoms with Crippen molar-refractivity contribution in [2.75, 3.05) is 0 Å². The highest BCUT2D eigenvalue weighted by atomic mass is 16.1. The molecule has 0 spiro atoms. The van der Waals surface area contributed by atoms with Crippen LogP contribution in [0.5, 0.6) is 0 Å². The van der Waals surface area contributed by atoms with Crippen LogP contribution in [0.4, 0.5) is 0 Å². The van der Waals surface area contributed by atoms with Crippen molar-refractivity contribution in [2.45, 2.75) is 20.3 Å². The van der Waals surface area contributed by atoms with Crippen molar-refractivity contribution in [3.8, 4) is 6.07 Å². The van der Waals surface area contributed by atoms with Crippen molar-refractivity contribution in [3.63, 3.8) is 0 Å². The van der Waals surface area contributed by atoms with Crippen molar-refractivity contribution in [1.82, 2.24) is 4.98 Å². The van der Waals surface area contributed by atoms with E-state index in [1.165, 1.54) is 0 Å². The van der Waals surface area contributed by atoms with E-state index < -0.39 is 0 Å². The number of hydrogen-bond donors (Lipinski definition) is 1. The van der Waals surface area contributed by atoms with Gasteiger partial charge in [0.1, 0.15) is 0 Å². The van der Waals surface area contributed by atoms with Crippen molar-refractivity contribution in [1.29, 1.82) is 5.26 Å². The zero-order chi connectivity index (χ0) is 11.7. The molecular formula is C13H12N2O. The number of fused-ring (bicyclic) bond motifs is 1. The smallest absolute Gasteiger partial charge is 0.252 e. The summed E-state index contributed by atoms with van der Waals surface area (Å²) in [4.78, 5) is 14.5. The number of nitriles is 1. The Morgan fingerprint density at radius 2 is 2.06 bits per heavy atom. The molecule has 2 rings (SSSR count). The van der Waals surface area contributed by atoms with Crippen molar-refractivity contribution in [3.05, 3.63) is 45.2 Å². The van der Waals surface area contributed by atoms with Gasteiger partial charge in [-0.3, -0.25) is 4.79 Å². The third-order valence-corrected chi connectivity index (χ3v) is 2.66. The number of aryl methyl sites for hydroxylation is 2. The van der Waals surface area contributed by atoms with Gasteiger partial charge in [-0.05, 0) is 37.1 Å². The Hall–Kier alpha value is -2.08. The molecule has 3 nitrogen and oxygen atoms in total. The van der Waals surface area contributed by atoms with Crippen LogP contribution >= 0.6 is 0 Å². The van der Waals surface area contributed by atoms with E-state index in [0.29, 0.717) is 5.56 Å². The Labute approximate surface area is 93.3 Å². The molecule has 0 atom stereocenters. The van der Waals surface area contributed by atoms with Crippen LogP contribution in [0.15, 0.2) is 23.0 Å². The molecular weight excluding hydrogens is 200 g/mol. The zero-order valence-electron chi connectivity index (χ0n) is 9.29. The molecule has 3 heteroatoms. The molecule has 1 heterocycles. The van der Waals surface area contributed by atoms with Gasteiger partial charge in [-0.25, -0.2) is 0 Å². The Balaban J connectivity index is 2.80. The Bertz CT molecular complexity index is 647. The van der Waals surface area contributed by atoms with Gasteiger partial charge in [-0.1, -0.05) is 6.07 Å². The summed E-state index contributed by atoms with van der Waals surface area (Å²) in [7, 11) is 0. The number of hydrogen-bond acceptors (Lipinski definition) is 2. The largest absolute Gasteiger partial charge is 0.322 e. The summed E-state index contributed by atoms with van der Waals surface area (Å²) >= 11 is 0. The van der Waals surface area contributed by atoms with E-state index in [-0.39, 0.29) is 12.0 Å². The highest BCUT2D eigenvalue weighted by molar-refractivity contribution is 5.83. The average Bonchev–Trinajstić information content (AvgIpc) is 2.20. The maximum Gasteiger partial charge on any atom is 0.252 e. The molecule has 0 aliphatic rings. The summed E-state index contributed by atoms with van der Waals surface area (Å²) in [6, 6.07) is 7.82. The highest BCUT2D eigenvalue weighted by Gasteiger charge is 2.04. The van der Waals surface area contributed by atoms with Crippen LogP contribution in [0.1, 0.15) is 16.7 Å². The molecule has 0 radical (unpaired) electrons. The molecule has 80 valence electrons. The number of rotatable bonds is 1. The fraction of sp³-hybridized carbons (Fsp3) is 0.231. The van der Waals surface area contributed by atoms with E-state index in [0.717, 1.165) is 22.0 Å². The van der Waals surface area contributed by atoms with Gasteiger partial charge in [0.15, 0.2) is 0 Å². The van der Waals surface area contributed by atoms with Crippen LogP contribution < -0.4 is 5.56 Å². The minimum absolute atomic E-state index is 0.151. The summed E-state index contributed by atoms with van der Waals surface area (Å²) < 4.78 is 0. The first kappa shape index (κ1) is 10.4. The summed E-state index contributed by atoms with van der Waals surface area (Å²) in [5.41, 5.74) is 3.43. The lowest BCUT2D eigenvalue weighted by Crippen LogP contribution is -2.12. The lowest BCUT2D eigenvalue weighted by Gasteiger charge is -2.05. The predicted molar refractivity (Wildman–Crippen MR) is 63.4 cm³/mol. The van der Waals surface area contributed by atoms with Gasteiger partial charge in [0.2, 0.25) is 0 Å². The Kier molecular flexibility index (Phi) is 2.49. The number of nitrogens with zero attached hydrogens (tertiary/aromatic N) is 1. The fourth-order valence-corrected chi connectivity index (χ4v) is 1.93. The maximum atomic E-state index is 11.6. The van der Waals surface area contributed by atoms with Gasteiger partial charge in [0, 0.05) is 16.5 Å². The molecule has 0 fully saturated rings. The molecule has 0 aliphatic carbocycles. The molecule has 2 aromatic rings. The van der Waals surface area contributed by atoms with Crippen molar-refractivity contribution in [2.24, 2.45) is 0 Å². The third kappa shape index (κ3) is 1.70. The molecule has 0 bridgehead atoms. The second-order valence-electron chi connectivity index (χ2n) is 4.00. The van der Waals surface area contributed by atoms with Crippen LogP contribution in [0.3, 0.4) is 0 Å². The SMILES string of the molecule is Cc1cc(C)c2cc(CC#N)c(=O)[nH]c2c1. The standard InChI is InChI=1S/C13H12N2O/c1-8-5-9(2)11-7-10(3-4-14)13(16)15-12(11)6-8/h5-7H,3H2,1-2H3,(H,15,16). The van der Waals surface area contributed by atoms with Gasteiger partial charge in [0.05, 0.1) is 12.5 Å². The summed E-state index contributed by atoms with van der Waals surface area (Å²) in [5.74, 6) is 0. The molecule has 0 unspecified atom stereocenters. The van der Waals surface area contributed by atoms with Gasteiger partial charge in [-0.2, -0.15) is 5.26 Å². The van der Waals surface area contributed by atoms with E-state index >= 15 is 0 Å². The van der Waals surface area contributed by atoms with Gasteiger partial charge < -0.3 is 4.98 Å². The topological polar surface area (TPSA) is 56.6 Å². The van der Waals surface area contributed by atoms with E-state index in [1.54, 1.807) is 0 Å². The van der Waals surface area contributed by atoms with Crippen LogP contribution in [0.2, 0.25) is 0 Å². The van der Waals surface area contributed by atoms with Gasteiger partial charge in [0.25, 0.3) is 5.56 Å². The zero-order valence-corrected chi connectivity index (χ0v) is 9.29. The fourth-order valence-electron chi connectivity index (χ4n) is 1.93. The Morgan fingerprint density at radius 3 is 2.75 bits per heavy atom. The predicted octanol–water partition coefficient (Wildman–Crippen LogP) is 2.21. The number of benzene rings is 1. The van der Waals surface area contributed by atoms with E-state index in [2.05, 4.69) is 11.1 Å². The van der Waals surface area contributed by atoms with Crippen LogP contribution in [0.25, 0.3) is 10.9 Å². The second kappa shape index (κ2) is 3.82. The van der Waals surface area contributed by atoms with Crippen molar-refractivity contribution >= 4 is 10.9 Å². The molecule has 16 heavy (non-hydrogen) atoms. The third-order valence-electron chi connectivity index (χ3n) is 2.66. The number of nitrogens with one attached hydrogen (secondary N) is 1. The first-order chi connectivity index (χ1) is 7.61. The molecule has 0 aliphatic heterocycles. The molecule has 0 saturated heterocycles. The molecule has 1 aromatic heterocycles. The summed E-state index contributed by atoms with van der Waals surface area (Å²) in [5, 5.41) is 9.64. The quantitative estimate of drug-likeness (QED) is 0.787. The van der Waals surface area contributed by atoms with Gasteiger partial charge >= 0.3 is 0 Å². The molecule has 1 aromatic carbocycles. The van der Waals surface area contributed by atoms with Crippen molar-refractivity contribution < 1.29 is 0 Å². The summed E-state index contributed by atoms with van der Waals surface area (Å²) in [6.07, 6.45) is 0.151. The van der Waals surface area contributed by atoms with E-state index in [9.17, 15) is 4.79 Å². The van der Waals surface area contributed by atoms with E-state index in [1.807, 2.05) is 32.0 Å².